The van der Waals surface area contributed by atoms with Gasteiger partial charge in [0.2, 0.25) is 0 Å². The lowest BCUT2D eigenvalue weighted by molar-refractivity contribution is 0.0879. The van der Waals surface area contributed by atoms with Crippen LogP contribution in [0.2, 0.25) is 0 Å². The van der Waals surface area contributed by atoms with E-state index in [-0.39, 0.29) is 0 Å². The normalized spacial score (nSPS) is 28.6. The molecule has 0 bridgehead atoms. The first-order valence-corrected chi connectivity index (χ1v) is 8.70. The van der Waals surface area contributed by atoms with Crippen molar-refractivity contribution in [1.82, 2.24) is 4.90 Å². The van der Waals surface area contributed by atoms with Crippen molar-refractivity contribution in [3.63, 3.8) is 0 Å². The van der Waals surface area contributed by atoms with Crippen molar-refractivity contribution in [3.05, 3.63) is 32.7 Å². The van der Waals surface area contributed by atoms with Crippen molar-refractivity contribution >= 4 is 31.9 Å². The quantitative estimate of drug-likeness (QED) is 0.846. The van der Waals surface area contributed by atoms with E-state index in [9.17, 15) is 0 Å². The van der Waals surface area contributed by atoms with E-state index in [2.05, 4.69) is 55.0 Å². The summed E-state index contributed by atoms with van der Waals surface area (Å²) in [5, 5.41) is 0. The number of hydrogen-bond acceptors (Lipinski definition) is 2. The zero-order valence-electron chi connectivity index (χ0n) is 11.0. The van der Waals surface area contributed by atoms with E-state index in [4.69, 9.17) is 5.73 Å². The molecular weight excluding hydrogens is 368 g/mol. The van der Waals surface area contributed by atoms with E-state index in [1.165, 1.54) is 37.8 Å². The van der Waals surface area contributed by atoms with Gasteiger partial charge in [-0.25, -0.2) is 0 Å². The Labute approximate surface area is 132 Å². The fraction of sp³-hybridized carbons (Fsp3) is 0.600. The molecule has 1 heterocycles. The summed E-state index contributed by atoms with van der Waals surface area (Å²) in [7, 11) is 0. The van der Waals surface area contributed by atoms with Gasteiger partial charge in [0.05, 0.1) is 0 Å². The van der Waals surface area contributed by atoms with Crippen molar-refractivity contribution in [2.45, 2.75) is 37.8 Å². The van der Waals surface area contributed by atoms with Crippen LogP contribution in [0.1, 0.15) is 37.3 Å². The molecule has 0 aromatic heterocycles. The van der Waals surface area contributed by atoms with Crippen molar-refractivity contribution in [2.24, 2.45) is 11.7 Å². The van der Waals surface area contributed by atoms with Crippen LogP contribution in [0.3, 0.4) is 0 Å². The van der Waals surface area contributed by atoms with Gasteiger partial charge in [0.1, 0.15) is 0 Å². The van der Waals surface area contributed by atoms with Gasteiger partial charge in [0, 0.05) is 21.0 Å². The van der Waals surface area contributed by atoms with Crippen LogP contribution in [0, 0.1) is 5.92 Å². The molecule has 1 aromatic carbocycles. The van der Waals surface area contributed by atoms with Crippen LogP contribution >= 0.6 is 31.9 Å². The topological polar surface area (TPSA) is 29.3 Å². The standard InChI is InChI=1S/C15H20Br2N2/c16-13-6-3-10(8-14(13)17)15-11(9-18)2-1-7-19(15)12-4-5-12/h3,6,8,11-12,15H,1-2,4-5,7,9,18H2. The molecule has 2 aliphatic rings. The highest BCUT2D eigenvalue weighted by Crippen LogP contribution is 2.43. The monoisotopic (exact) mass is 386 g/mol. The molecule has 1 saturated carbocycles. The third-order valence-corrected chi connectivity index (χ3v) is 6.28. The maximum Gasteiger partial charge on any atom is 0.0391 e. The highest BCUT2D eigenvalue weighted by Gasteiger charge is 2.39. The summed E-state index contributed by atoms with van der Waals surface area (Å²) in [6, 6.07) is 7.98. The summed E-state index contributed by atoms with van der Waals surface area (Å²) in [6.45, 7) is 2.03. The molecule has 1 saturated heterocycles. The summed E-state index contributed by atoms with van der Waals surface area (Å²) in [5.74, 6) is 0.599. The highest BCUT2D eigenvalue weighted by molar-refractivity contribution is 9.13. The van der Waals surface area contributed by atoms with E-state index in [0.717, 1.165) is 21.5 Å². The number of hydrogen-bond donors (Lipinski definition) is 1. The molecule has 1 aliphatic carbocycles. The Kier molecular flexibility index (Phi) is 4.32. The summed E-state index contributed by atoms with van der Waals surface area (Å²) in [6.07, 6.45) is 5.29. The van der Waals surface area contributed by atoms with Crippen molar-refractivity contribution in [2.75, 3.05) is 13.1 Å². The lowest BCUT2D eigenvalue weighted by atomic mass is 9.84. The fourth-order valence-electron chi connectivity index (χ4n) is 3.33. The predicted molar refractivity (Wildman–Crippen MR) is 86.1 cm³/mol. The van der Waals surface area contributed by atoms with Gasteiger partial charge in [0.25, 0.3) is 0 Å². The molecule has 2 N–H and O–H groups in total. The Morgan fingerprint density at radius 1 is 1.16 bits per heavy atom. The first-order valence-electron chi connectivity index (χ1n) is 7.11. The second kappa shape index (κ2) is 5.84. The van der Waals surface area contributed by atoms with Gasteiger partial charge < -0.3 is 5.73 Å². The third-order valence-electron chi connectivity index (χ3n) is 4.40. The van der Waals surface area contributed by atoms with Gasteiger partial charge in [-0.3, -0.25) is 4.90 Å². The Bertz CT molecular complexity index is 459. The molecule has 0 amide bonds. The average molecular weight is 388 g/mol. The summed E-state index contributed by atoms with van der Waals surface area (Å²) >= 11 is 7.19. The van der Waals surface area contributed by atoms with Gasteiger partial charge in [0.15, 0.2) is 0 Å². The molecule has 19 heavy (non-hydrogen) atoms. The molecule has 1 aliphatic heterocycles. The molecular formula is C15H20Br2N2. The average Bonchev–Trinajstić information content (AvgIpc) is 3.25. The van der Waals surface area contributed by atoms with Crippen LogP contribution in [0.15, 0.2) is 27.1 Å². The summed E-state index contributed by atoms with van der Waals surface area (Å²) < 4.78 is 2.26. The summed E-state index contributed by atoms with van der Waals surface area (Å²) in [4.78, 5) is 2.71. The first kappa shape index (κ1) is 14.1. The van der Waals surface area contributed by atoms with Gasteiger partial charge >= 0.3 is 0 Å². The third kappa shape index (κ3) is 2.92. The second-order valence-electron chi connectivity index (χ2n) is 5.73. The molecule has 104 valence electrons. The van der Waals surface area contributed by atoms with E-state index in [0.29, 0.717) is 12.0 Å². The zero-order chi connectivity index (χ0) is 13.4. The minimum atomic E-state index is 0.510. The largest absolute Gasteiger partial charge is 0.330 e. The van der Waals surface area contributed by atoms with Crippen LogP contribution < -0.4 is 5.73 Å². The molecule has 0 radical (unpaired) electrons. The zero-order valence-corrected chi connectivity index (χ0v) is 14.2. The highest BCUT2D eigenvalue weighted by atomic mass is 79.9. The number of nitrogens with two attached hydrogens (primary N) is 1. The minimum absolute atomic E-state index is 0.510. The van der Waals surface area contributed by atoms with Crippen LogP contribution in [0.4, 0.5) is 0 Å². The van der Waals surface area contributed by atoms with E-state index in [1.54, 1.807) is 0 Å². The van der Waals surface area contributed by atoms with Gasteiger partial charge in [-0.2, -0.15) is 0 Å². The van der Waals surface area contributed by atoms with Crippen LogP contribution in [-0.4, -0.2) is 24.0 Å². The number of rotatable bonds is 3. The SMILES string of the molecule is NCC1CCCN(C2CC2)C1c1ccc(Br)c(Br)c1. The maximum absolute atomic E-state index is 6.03. The van der Waals surface area contributed by atoms with Crippen LogP contribution in [-0.2, 0) is 0 Å². The summed E-state index contributed by atoms with van der Waals surface area (Å²) in [5.41, 5.74) is 7.45. The maximum atomic E-state index is 6.03. The van der Waals surface area contributed by atoms with Gasteiger partial charge in [-0.1, -0.05) is 6.07 Å². The van der Waals surface area contributed by atoms with E-state index >= 15 is 0 Å². The number of halogens is 2. The Morgan fingerprint density at radius 3 is 2.58 bits per heavy atom. The van der Waals surface area contributed by atoms with E-state index in [1.807, 2.05) is 0 Å². The molecule has 2 nitrogen and oxygen atoms in total. The lowest BCUT2D eigenvalue weighted by Crippen LogP contribution is -2.42. The lowest BCUT2D eigenvalue weighted by Gasteiger charge is -2.41. The number of likely N-dealkylation sites (tertiary alicyclic amines) is 1. The smallest absolute Gasteiger partial charge is 0.0391 e. The van der Waals surface area contributed by atoms with Crippen molar-refractivity contribution in [3.8, 4) is 0 Å². The second-order valence-corrected chi connectivity index (χ2v) is 7.43. The number of benzene rings is 1. The van der Waals surface area contributed by atoms with E-state index < -0.39 is 0 Å². The van der Waals surface area contributed by atoms with Crippen LogP contribution in [0.5, 0.6) is 0 Å². The van der Waals surface area contributed by atoms with Crippen molar-refractivity contribution in [1.29, 1.82) is 0 Å². The Morgan fingerprint density at radius 2 is 1.95 bits per heavy atom. The molecule has 2 fully saturated rings. The van der Waals surface area contributed by atoms with Gasteiger partial charge in [-0.05, 0) is 94.2 Å². The Hall–Kier alpha value is 0.1000. The molecule has 1 aromatic rings. The minimum Gasteiger partial charge on any atom is -0.330 e. The first-order chi connectivity index (χ1) is 9.20. The van der Waals surface area contributed by atoms with Crippen molar-refractivity contribution < 1.29 is 0 Å². The molecule has 0 spiro atoms. The predicted octanol–water partition coefficient (Wildman–Crippen LogP) is 4.09. The molecule has 2 atom stereocenters. The van der Waals surface area contributed by atoms with Gasteiger partial charge in [-0.15, -0.1) is 0 Å². The number of nitrogens with zero attached hydrogens (tertiary/aromatic N) is 1. The molecule has 3 rings (SSSR count). The molecule has 4 heteroatoms. The fourth-order valence-corrected chi connectivity index (χ4v) is 3.97. The molecule has 2 unspecified atom stereocenters. The Balaban J connectivity index is 1.93. The number of piperidine rings is 1. The van der Waals surface area contributed by atoms with Crippen LogP contribution in [0.25, 0.3) is 0 Å².